The van der Waals surface area contributed by atoms with Crippen molar-refractivity contribution in [3.8, 4) is 0 Å². The summed E-state index contributed by atoms with van der Waals surface area (Å²) in [5, 5.41) is 2.96. The molecule has 0 saturated carbocycles. The zero-order chi connectivity index (χ0) is 12.1. The van der Waals surface area contributed by atoms with Gasteiger partial charge in [-0.1, -0.05) is 13.0 Å². The topological polar surface area (TPSA) is 45.2 Å². The van der Waals surface area contributed by atoms with Gasteiger partial charge in [0.1, 0.15) is 5.69 Å². The molecule has 0 radical (unpaired) electrons. The van der Waals surface area contributed by atoms with E-state index in [2.05, 4.69) is 22.1 Å². The first kappa shape index (κ1) is 12.0. The van der Waals surface area contributed by atoms with Crippen molar-refractivity contribution in [1.82, 2.24) is 15.2 Å². The number of likely N-dealkylation sites (tertiary alicyclic amines) is 1. The third kappa shape index (κ3) is 3.03. The molecule has 4 nitrogen and oxygen atoms in total. The second-order valence-electron chi connectivity index (χ2n) is 4.35. The number of carbonyl (C=O) groups excluding carboxylic acids is 1. The first-order chi connectivity index (χ1) is 8.31. The number of amides is 1. The quantitative estimate of drug-likeness (QED) is 0.852. The van der Waals surface area contributed by atoms with Crippen molar-refractivity contribution < 1.29 is 4.79 Å². The molecule has 92 valence electrons. The molecule has 0 spiro atoms. The fourth-order valence-electron chi connectivity index (χ4n) is 2.34. The van der Waals surface area contributed by atoms with E-state index in [0.717, 1.165) is 19.6 Å². The molecule has 0 bridgehead atoms. The summed E-state index contributed by atoms with van der Waals surface area (Å²) in [6.45, 7) is 5.10. The van der Waals surface area contributed by atoms with Crippen molar-refractivity contribution in [3.63, 3.8) is 0 Å². The van der Waals surface area contributed by atoms with Crippen LogP contribution in [-0.2, 0) is 0 Å². The predicted molar refractivity (Wildman–Crippen MR) is 66.8 cm³/mol. The summed E-state index contributed by atoms with van der Waals surface area (Å²) >= 11 is 0. The number of nitrogens with one attached hydrogen (secondary N) is 1. The minimum absolute atomic E-state index is 0.0754. The van der Waals surface area contributed by atoms with Crippen LogP contribution in [0, 0.1) is 0 Å². The Morgan fingerprint density at radius 1 is 1.59 bits per heavy atom. The molecule has 1 saturated heterocycles. The van der Waals surface area contributed by atoms with Gasteiger partial charge in [0.05, 0.1) is 0 Å². The number of aromatic nitrogens is 1. The van der Waals surface area contributed by atoms with Crippen LogP contribution >= 0.6 is 0 Å². The Labute approximate surface area is 102 Å². The molecular formula is C13H19N3O. The zero-order valence-corrected chi connectivity index (χ0v) is 10.2. The van der Waals surface area contributed by atoms with E-state index in [4.69, 9.17) is 0 Å². The van der Waals surface area contributed by atoms with E-state index >= 15 is 0 Å². The normalized spacial score (nSPS) is 20.4. The maximum Gasteiger partial charge on any atom is 0.269 e. The highest BCUT2D eigenvalue weighted by Gasteiger charge is 2.23. The lowest BCUT2D eigenvalue weighted by atomic mass is 10.2. The van der Waals surface area contributed by atoms with Crippen LogP contribution in [0.1, 0.15) is 30.3 Å². The molecule has 1 amide bonds. The minimum Gasteiger partial charge on any atom is -0.349 e. The molecule has 1 aromatic heterocycles. The molecule has 1 N–H and O–H groups in total. The van der Waals surface area contributed by atoms with Gasteiger partial charge in [-0.05, 0) is 38.1 Å². The summed E-state index contributed by atoms with van der Waals surface area (Å²) in [6, 6.07) is 5.87. The first-order valence-corrected chi connectivity index (χ1v) is 6.24. The second kappa shape index (κ2) is 5.77. The Hall–Kier alpha value is -1.42. The van der Waals surface area contributed by atoms with Gasteiger partial charge in [0.2, 0.25) is 0 Å². The molecule has 1 fully saturated rings. The number of pyridine rings is 1. The lowest BCUT2D eigenvalue weighted by Crippen LogP contribution is -2.40. The van der Waals surface area contributed by atoms with Crippen LogP contribution in [0.15, 0.2) is 24.4 Å². The number of likely N-dealkylation sites (N-methyl/N-ethyl adjacent to an activating group) is 1. The maximum absolute atomic E-state index is 11.8. The van der Waals surface area contributed by atoms with Gasteiger partial charge in [0.15, 0.2) is 0 Å². The van der Waals surface area contributed by atoms with E-state index in [1.54, 1.807) is 12.3 Å². The van der Waals surface area contributed by atoms with Crippen molar-refractivity contribution in [1.29, 1.82) is 0 Å². The largest absolute Gasteiger partial charge is 0.349 e. The van der Waals surface area contributed by atoms with Crippen LogP contribution < -0.4 is 5.32 Å². The van der Waals surface area contributed by atoms with Gasteiger partial charge in [-0.25, -0.2) is 0 Å². The molecule has 1 atom stereocenters. The standard InChI is InChI=1S/C13H19N3O/c1-2-16-9-5-6-11(16)10-15-13(17)12-7-3-4-8-14-12/h3-4,7-8,11H,2,5-6,9-10H2,1H3,(H,15,17)/t11-/m0/s1. The van der Waals surface area contributed by atoms with Gasteiger partial charge in [-0.2, -0.15) is 0 Å². The van der Waals surface area contributed by atoms with E-state index < -0.39 is 0 Å². The average molecular weight is 233 g/mol. The van der Waals surface area contributed by atoms with Gasteiger partial charge >= 0.3 is 0 Å². The minimum atomic E-state index is -0.0754. The fraction of sp³-hybridized carbons (Fsp3) is 0.538. The highest BCUT2D eigenvalue weighted by atomic mass is 16.1. The molecule has 0 unspecified atom stereocenters. The molecular weight excluding hydrogens is 214 g/mol. The van der Waals surface area contributed by atoms with E-state index in [-0.39, 0.29) is 5.91 Å². The molecule has 1 aliphatic heterocycles. The van der Waals surface area contributed by atoms with Crippen LogP contribution in [-0.4, -0.2) is 41.5 Å². The summed E-state index contributed by atoms with van der Waals surface area (Å²) < 4.78 is 0. The van der Waals surface area contributed by atoms with Crippen LogP contribution in [0.4, 0.5) is 0 Å². The first-order valence-electron chi connectivity index (χ1n) is 6.24. The highest BCUT2D eigenvalue weighted by Crippen LogP contribution is 2.15. The molecule has 2 rings (SSSR count). The number of nitrogens with zero attached hydrogens (tertiary/aromatic N) is 2. The smallest absolute Gasteiger partial charge is 0.269 e. The molecule has 17 heavy (non-hydrogen) atoms. The predicted octanol–water partition coefficient (Wildman–Crippen LogP) is 1.30. The zero-order valence-electron chi connectivity index (χ0n) is 10.2. The van der Waals surface area contributed by atoms with E-state index in [1.807, 2.05) is 12.1 Å². The third-order valence-electron chi connectivity index (χ3n) is 3.30. The molecule has 0 aromatic carbocycles. The molecule has 2 heterocycles. The van der Waals surface area contributed by atoms with Gasteiger partial charge < -0.3 is 5.32 Å². The second-order valence-corrected chi connectivity index (χ2v) is 4.35. The van der Waals surface area contributed by atoms with Crippen molar-refractivity contribution in [2.24, 2.45) is 0 Å². The van der Waals surface area contributed by atoms with Crippen molar-refractivity contribution >= 4 is 5.91 Å². The Kier molecular flexibility index (Phi) is 4.09. The number of hydrogen-bond acceptors (Lipinski definition) is 3. The summed E-state index contributed by atoms with van der Waals surface area (Å²) in [4.78, 5) is 18.3. The van der Waals surface area contributed by atoms with Gasteiger partial charge in [0, 0.05) is 18.8 Å². The molecule has 4 heteroatoms. The van der Waals surface area contributed by atoms with E-state index in [0.29, 0.717) is 11.7 Å². The summed E-state index contributed by atoms with van der Waals surface area (Å²) in [5.74, 6) is -0.0754. The number of rotatable bonds is 4. The van der Waals surface area contributed by atoms with E-state index in [1.165, 1.54) is 12.8 Å². The lowest BCUT2D eigenvalue weighted by molar-refractivity contribution is 0.0936. The van der Waals surface area contributed by atoms with Crippen molar-refractivity contribution in [2.45, 2.75) is 25.8 Å². The van der Waals surface area contributed by atoms with Crippen LogP contribution in [0.25, 0.3) is 0 Å². The molecule has 1 aliphatic rings. The Balaban J connectivity index is 1.84. The maximum atomic E-state index is 11.8. The highest BCUT2D eigenvalue weighted by molar-refractivity contribution is 5.92. The van der Waals surface area contributed by atoms with Crippen LogP contribution in [0.3, 0.4) is 0 Å². The number of hydrogen-bond donors (Lipinski definition) is 1. The van der Waals surface area contributed by atoms with E-state index in [9.17, 15) is 4.79 Å². The van der Waals surface area contributed by atoms with Crippen LogP contribution in [0.5, 0.6) is 0 Å². The van der Waals surface area contributed by atoms with Gasteiger partial charge in [-0.3, -0.25) is 14.7 Å². The molecule has 1 aromatic rings. The number of carbonyl (C=O) groups is 1. The summed E-state index contributed by atoms with van der Waals surface area (Å²) in [6.07, 6.45) is 4.05. The molecule has 0 aliphatic carbocycles. The van der Waals surface area contributed by atoms with Crippen LogP contribution in [0.2, 0.25) is 0 Å². The van der Waals surface area contributed by atoms with Gasteiger partial charge in [-0.15, -0.1) is 0 Å². The fourth-order valence-corrected chi connectivity index (χ4v) is 2.34. The Morgan fingerprint density at radius 3 is 3.18 bits per heavy atom. The van der Waals surface area contributed by atoms with Crippen molar-refractivity contribution in [3.05, 3.63) is 30.1 Å². The summed E-state index contributed by atoms with van der Waals surface area (Å²) in [7, 11) is 0. The lowest BCUT2D eigenvalue weighted by Gasteiger charge is -2.22. The average Bonchev–Trinajstić information content (AvgIpc) is 2.84. The summed E-state index contributed by atoms with van der Waals surface area (Å²) in [5.41, 5.74) is 0.494. The SMILES string of the molecule is CCN1CCC[C@H]1CNC(=O)c1ccccn1. The monoisotopic (exact) mass is 233 g/mol. The Morgan fingerprint density at radius 2 is 2.47 bits per heavy atom. The van der Waals surface area contributed by atoms with Gasteiger partial charge in [0.25, 0.3) is 5.91 Å². The Bertz CT molecular complexity index is 366. The third-order valence-corrected chi connectivity index (χ3v) is 3.30. The van der Waals surface area contributed by atoms with Crippen molar-refractivity contribution in [2.75, 3.05) is 19.6 Å².